The van der Waals surface area contributed by atoms with Crippen LogP contribution in [-0.2, 0) is 14.3 Å². The standard InChI is InChI=1S/C24H18N2O8/c1-12-6-8-14(9-7-12)25-26-18-15-5-3-2-4-13(15)10-16(19(18)28)23(31)33-11-17(27)22-20(29)21(30)24(32)34-22/h2-10,27-30H,11H2,1H3/b22-17+,26-25+. The van der Waals surface area contributed by atoms with Crippen LogP contribution in [0.4, 0.5) is 11.4 Å². The van der Waals surface area contributed by atoms with Gasteiger partial charge in [0.1, 0.15) is 11.3 Å². The molecule has 0 fully saturated rings. The Balaban J connectivity index is 1.65. The second-order valence-corrected chi connectivity index (χ2v) is 7.32. The van der Waals surface area contributed by atoms with E-state index in [0.717, 1.165) is 5.56 Å². The average Bonchev–Trinajstić information content (AvgIpc) is 3.09. The fourth-order valence-electron chi connectivity index (χ4n) is 3.16. The molecular weight excluding hydrogens is 444 g/mol. The number of carbonyl (C=O) groups is 2. The van der Waals surface area contributed by atoms with Crippen LogP contribution in [0.1, 0.15) is 15.9 Å². The molecule has 3 aromatic carbocycles. The first kappa shape index (κ1) is 22.3. The molecule has 34 heavy (non-hydrogen) atoms. The normalized spacial score (nSPS) is 15.1. The predicted molar refractivity (Wildman–Crippen MR) is 119 cm³/mol. The molecule has 4 rings (SSSR count). The number of esters is 2. The van der Waals surface area contributed by atoms with E-state index in [2.05, 4.69) is 15.0 Å². The van der Waals surface area contributed by atoms with Gasteiger partial charge in [0.05, 0.1) is 5.69 Å². The van der Waals surface area contributed by atoms with Crippen LogP contribution in [0.5, 0.6) is 5.75 Å². The van der Waals surface area contributed by atoms with Crippen LogP contribution < -0.4 is 0 Å². The van der Waals surface area contributed by atoms with Crippen LogP contribution in [0.25, 0.3) is 10.8 Å². The Kier molecular flexibility index (Phi) is 5.88. The van der Waals surface area contributed by atoms with Crippen molar-refractivity contribution in [1.82, 2.24) is 0 Å². The van der Waals surface area contributed by atoms with E-state index < -0.39 is 47.3 Å². The number of nitrogens with zero attached hydrogens (tertiary/aromatic N) is 2. The third-order valence-electron chi connectivity index (χ3n) is 4.94. The van der Waals surface area contributed by atoms with E-state index in [9.17, 15) is 30.0 Å². The van der Waals surface area contributed by atoms with Gasteiger partial charge in [0.2, 0.25) is 17.3 Å². The lowest BCUT2D eigenvalue weighted by Crippen LogP contribution is -2.10. The Labute approximate surface area is 192 Å². The van der Waals surface area contributed by atoms with Gasteiger partial charge in [0.15, 0.2) is 18.1 Å². The van der Waals surface area contributed by atoms with E-state index >= 15 is 0 Å². The number of aryl methyl sites for hydroxylation is 1. The number of ether oxygens (including phenoxy) is 2. The van der Waals surface area contributed by atoms with Crippen LogP contribution in [-0.4, -0.2) is 39.0 Å². The number of aliphatic hydroxyl groups is 3. The lowest BCUT2D eigenvalue weighted by atomic mass is 10.0. The molecule has 0 radical (unpaired) electrons. The van der Waals surface area contributed by atoms with Gasteiger partial charge in [-0.25, -0.2) is 9.59 Å². The maximum absolute atomic E-state index is 12.7. The fraction of sp³-hybridized carbons (Fsp3) is 0.0833. The summed E-state index contributed by atoms with van der Waals surface area (Å²) in [6, 6.07) is 15.5. The molecule has 0 saturated heterocycles. The maximum Gasteiger partial charge on any atom is 0.383 e. The molecule has 1 aliphatic rings. The summed E-state index contributed by atoms with van der Waals surface area (Å²) in [7, 11) is 0. The van der Waals surface area contributed by atoms with E-state index in [4.69, 9.17) is 4.74 Å². The van der Waals surface area contributed by atoms with Gasteiger partial charge >= 0.3 is 11.9 Å². The molecular formula is C24H18N2O8. The first-order valence-corrected chi connectivity index (χ1v) is 9.93. The predicted octanol–water partition coefficient (Wildman–Crippen LogP) is 5.08. The number of hydrogen-bond donors (Lipinski definition) is 4. The van der Waals surface area contributed by atoms with Crippen molar-refractivity contribution < 1.29 is 39.5 Å². The summed E-state index contributed by atoms with van der Waals surface area (Å²) < 4.78 is 9.51. The first-order valence-electron chi connectivity index (χ1n) is 9.93. The SMILES string of the molecule is Cc1ccc(/N=N/c2c(O)c(C(=O)OC/C(O)=C3\OC(=O)C(O)=C3O)cc3ccccc23)cc1. The Morgan fingerprint density at radius 2 is 1.71 bits per heavy atom. The third kappa shape index (κ3) is 4.24. The zero-order valence-corrected chi connectivity index (χ0v) is 17.7. The minimum Gasteiger partial charge on any atom is -0.505 e. The number of aromatic hydroxyl groups is 1. The molecule has 0 unspecified atom stereocenters. The highest BCUT2D eigenvalue weighted by atomic mass is 16.6. The van der Waals surface area contributed by atoms with E-state index in [0.29, 0.717) is 16.5 Å². The molecule has 1 aliphatic heterocycles. The summed E-state index contributed by atoms with van der Waals surface area (Å²) >= 11 is 0. The highest BCUT2D eigenvalue weighted by molar-refractivity contribution is 6.05. The van der Waals surface area contributed by atoms with Gasteiger partial charge in [-0.05, 0) is 30.5 Å². The highest BCUT2D eigenvalue weighted by Crippen LogP contribution is 2.39. The molecule has 3 aromatic rings. The van der Waals surface area contributed by atoms with Crippen molar-refractivity contribution >= 4 is 34.1 Å². The molecule has 0 aliphatic carbocycles. The summed E-state index contributed by atoms with van der Waals surface area (Å²) in [5, 5.41) is 49.1. The first-order chi connectivity index (χ1) is 16.3. The van der Waals surface area contributed by atoms with Crippen molar-refractivity contribution in [2.75, 3.05) is 6.61 Å². The number of fused-ring (bicyclic) bond motifs is 1. The van der Waals surface area contributed by atoms with Crippen LogP contribution in [0.15, 0.2) is 87.9 Å². The number of cyclic esters (lactones) is 1. The van der Waals surface area contributed by atoms with Crippen LogP contribution in [0.2, 0.25) is 0 Å². The van der Waals surface area contributed by atoms with Crippen molar-refractivity contribution in [2.45, 2.75) is 6.92 Å². The number of hydrogen-bond acceptors (Lipinski definition) is 10. The molecule has 0 atom stereocenters. The second-order valence-electron chi connectivity index (χ2n) is 7.32. The lowest BCUT2D eigenvalue weighted by Gasteiger charge is -2.11. The van der Waals surface area contributed by atoms with E-state index in [1.54, 1.807) is 36.4 Å². The second kappa shape index (κ2) is 8.94. The molecule has 4 N–H and O–H groups in total. The zero-order valence-electron chi connectivity index (χ0n) is 17.7. The highest BCUT2D eigenvalue weighted by Gasteiger charge is 2.33. The van der Waals surface area contributed by atoms with Crippen molar-refractivity contribution in [3.63, 3.8) is 0 Å². The van der Waals surface area contributed by atoms with Gasteiger partial charge in [0.25, 0.3) is 0 Å². The summed E-state index contributed by atoms with van der Waals surface area (Å²) in [6.45, 7) is 1.12. The average molecular weight is 462 g/mol. The number of carbonyl (C=O) groups excluding carboxylic acids is 2. The summed E-state index contributed by atoms with van der Waals surface area (Å²) in [4.78, 5) is 23.9. The number of phenols is 1. The molecule has 0 bridgehead atoms. The third-order valence-corrected chi connectivity index (χ3v) is 4.94. The number of phenolic OH excluding ortho intramolecular Hbond substituents is 1. The summed E-state index contributed by atoms with van der Waals surface area (Å²) in [5.41, 5.74) is 1.38. The van der Waals surface area contributed by atoms with Crippen molar-refractivity contribution in [3.05, 3.63) is 88.8 Å². The Hall–Kier alpha value is -4.86. The summed E-state index contributed by atoms with van der Waals surface area (Å²) in [5.74, 6) is -6.39. The largest absolute Gasteiger partial charge is 0.505 e. The van der Waals surface area contributed by atoms with Crippen molar-refractivity contribution in [1.29, 1.82) is 0 Å². The molecule has 10 nitrogen and oxygen atoms in total. The van der Waals surface area contributed by atoms with Gasteiger partial charge in [-0.2, -0.15) is 5.11 Å². The Bertz CT molecular complexity index is 1400. The van der Waals surface area contributed by atoms with Gasteiger partial charge in [-0.15, -0.1) is 5.11 Å². The molecule has 172 valence electrons. The number of benzene rings is 3. The molecule has 0 saturated carbocycles. The van der Waals surface area contributed by atoms with E-state index in [1.165, 1.54) is 6.07 Å². The van der Waals surface area contributed by atoms with Gasteiger partial charge < -0.3 is 29.9 Å². The maximum atomic E-state index is 12.7. The monoisotopic (exact) mass is 462 g/mol. The minimum atomic E-state index is -1.26. The van der Waals surface area contributed by atoms with Crippen LogP contribution in [0, 0.1) is 6.92 Å². The van der Waals surface area contributed by atoms with Crippen LogP contribution >= 0.6 is 0 Å². The lowest BCUT2D eigenvalue weighted by molar-refractivity contribution is -0.136. The zero-order chi connectivity index (χ0) is 24.4. The number of aliphatic hydroxyl groups excluding tert-OH is 3. The molecule has 1 heterocycles. The van der Waals surface area contributed by atoms with Crippen molar-refractivity contribution in [3.8, 4) is 5.75 Å². The number of rotatable bonds is 5. The topological polar surface area (TPSA) is 158 Å². The van der Waals surface area contributed by atoms with Crippen LogP contribution in [0.3, 0.4) is 0 Å². The van der Waals surface area contributed by atoms with Gasteiger partial charge in [0, 0.05) is 5.39 Å². The Morgan fingerprint density at radius 3 is 2.38 bits per heavy atom. The van der Waals surface area contributed by atoms with E-state index in [1.807, 2.05) is 19.1 Å². The minimum absolute atomic E-state index is 0.0448. The van der Waals surface area contributed by atoms with Gasteiger partial charge in [-0.3, -0.25) is 0 Å². The smallest absolute Gasteiger partial charge is 0.383 e. The molecule has 0 amide bonds. The van der Waals surface area contributed by atoms with E-state index in [-0.39, 0.29) is 11.3 Å². The Morgan fingerprint density at radius 1 is 1.00 bits per heavy atom. The molecule has 10 heteroatoms. The number of azo groups is 1. The van der Waals surface area contributed by atoms with Crippen molar-refractivity contribution in [2.24, 2.45) is 10.2 Å². The fourth-order valence-corrected chi connectivity index (χ4v) is 3.16. The van der Waals surface area contributed by atoms with Gasteiger partial charge in [-0.1, -0.05) is 42.0 Å². The molecule has 0 aromatic heterocycles. The molecule has 0 spiro atoms. The summed E-state index contributed by atoms with van der Waals surface area (Å²) in [6.07, 6.45) is 0. The quantitative estimate of drug-likeness (QED) is 0.232.